The highest BCUT2D eigenvalue weighted by atomic mass is 32.1. The molecule has 0 unspecified atom stereocenters. The van der Waals surface area contributed by atoms with Gasteiger partial charge >= 0.3 is 5.97 Å². The third-order valence-corrected chi connectivity index (χ3v) is 5.30. The summed E-state index contributed by atoms with van der Waals surface area (Å²) < 4.78 is 5.65. The average molecular weight is 343 g/mol. The molecule has 0 amide bonds. The molecular formula is C20H25NO2S. The molecule has 1 saturated heterocycles. The largest absolute Gasteiger partial charge is 0.464 e. The van der Waals surface area contributed by atoms with Crippen LogP contribution in [-0.2, 0) is 9.53 Å². The second-order valence-electron chi connectivity index (χ2n) is 6.32. The Kier molecular flexibility index (Phi) is 6.44. The van der Waals surface area contributed by atoms with Gasteiger partial charge in [-0.2, -0.15) is 11.3 Å². The van der Waals surface area contributed by atoms with Gasteiger partial charge in [-0.25, -0.2) is 0 Å². The summed E-state index contributed by atoms with van der Waals surface area (Å²) in [4.78, 5) is 15.1. The van der Waals surface area contributed by atoms with Crippen LogP contribution < -0.4 is 0 Å². The molecule has 3 rings (SSSR count). The molecule has 24 heavy (non-hydrogen) atoms. The summed E-state index contributed by atoms with van der Waals surface area (Å²) in [6.07, 6.45) is 5.17. The first-order chi connectivity index (χ1) is 11.8. The minimum absolute atomic E-state index is 0.144. The molecular weight excluding hydrogens is 318 g/mol. The fourth-order valence-electron chi connectivity index (χ4n) is 3.27. The van der Waals surface area contributed by atoms with Crippen molar-refractivity contribution in [2.24, 2.45) is 0 Å². The summed E-state index contributed by atoms with van der Waals surface area (Å²) in [5.74, 6) is -0.462. The maximum Gasteiger partial charge on any atom is 0.318 e. The van der Waals surface area contributed by atoms with E-state index in [1.54, 1.807) is 11.3 Å². The van der Waals surface area contributed by atoms with Gasteiger partial charge in [-0.3, -0.25) is 9.69 Å². The molecule has 2 heterocycles. The normalized spacial score (nSPS) is 17.2. The van der Waals surface area contributed by atoms with E-state index >= 15 is 0 Å². The number of rotatable bonds is 6. The molecule has 0 bridgehead atoms. The maximum absolute atomic E-state index is 12.7. The lowest BCUT2D eigenvalue weighted by Gasteiger charge is -2.21. The number of carbonyl (C=O) groups excluding carboxylic acids is 1. The number of carbonyl (C=O) groups is 1. The Hall–Kier alpha value is -1.65. The van der Waals surface area contributed by atoms with Crippen molar-refractivity contribution in [2.45, 2.75) is 31.6 Å². The second kappa shape index (κ2) is 9.00. The van der Waals surface area contributed by atoms with Gasteiger partial charge in [-0.1, -0.05) is 43.2 Å². The molecule has 0 saturated carbocycles. The Morgan fingerprint density at radius 1 is 1.04 bits per heavy atom. The molecule has 2 aromatic rings. The molecule has 1 aromatic carbocycles. The Morgan fingerprint density at radius 2 is 1.79 bits per heavy atom. The van der Waals surface area contributed by atoms with Crippen molar-refractivity contribution >= 4 is 17.3 Å². The summed E-state index contributed by atoms with van der Waals surface area (Å²) in [6.45, 7) is 3.58. The van der Waals surface area contributed by atoms with Gasteiger partial charge in [0.1, 0.15) is 12.5 Å². The Morgan fingerprint density at radius 3 is 2.46 bits per heavy atom. The van der Waals surface area contributed by atoms with Crippen molar-refractivity contribution in [1.82, 2.24) is 4.90 Å². The minimum Gasteiger partial charge on any atom is -0.464 e. The number of hydrogen-bond donors (Lipinski definition) is 0. The van der Waals surface area contributed by atoms with Crippen LogP contribution >= 0.6 is 11.3 Å². The van der Waals surface area contributed by atoms with Gasteiger partial charge in [0.05, 0.1) is 0 Å². The maximum atomic E-state index is 12.7. The first kappa shape index (κ1) is 17.2. The van der Waals surface area contributed by atoms with Crippen LogP contribution in [0.15, 0.2) is 47.2 Å². The van der Waals surface area contributed by atoms with E-state index in [9.17, 15) is 4.79 Å². The molecule has 128 valence electrons. The van der Waals surface area contributed by atoms with E-state index in [-0.39, 0.29) is 11.9 Å². The molecule has 3 nitrogen and oxygen atoms in total. The average Bonchev–Trinajstić information content (AvgIpc) is 3.00. The monoisotopic (exact) mass is 343 g/mol. The first-order valence-electron chi connectivity index (χ1n) is 8.80. The number of likely N-dealkylation sites (tertiary alicyclic amines) is 1. The first-order valence-corrected chi connectivity index (χ1v) is 9.75. The van der Waals surface area contributed by atoms with Crippen LogP contribution in [0.1, 0.15) is 42.7 Å². The van der Waals surface area contributed by atoms with Crippen molar-refractivity contribution in [3.05, 3.63) is 58.3 Å². The number of esters is 1. The molecule has 1 aromatic heterocycles. The van der Waals surface area contributed by atoms with Crippen molar-refractivity contribution < 1.29 is 9.53 Å². The molecule has 0 aliphatic carbocycles. The summed E-state index contributed by atoms with van der Waals surface area (Å²) in [5.41, 5.74) is 2.02. The van der Waals surface area contributed by atoms with E-state index in [4.69, 9.17) is 4.74 Å². The number of ether oxygens (including phenoxy) is 1. The van der Waals surface area contributed by atoms with Crippen molar-refractivity contribution in [2.75, 3.05) is 26.2 Å². The summed E-state index contributed by atoms with van der Waals surface area (Å²) in [5, 5.41) is 4.05. The van der Waals surface area contributed by atoms with Gasteiger partial charge in [0.15, 0.2) is 0 Å². The SMILES string of the molecule is O=C(OCCN1CCCCCC1)[C@H](c1ccccc1)c1ccsc1. The van der Waals surface area contributed by atoms with Crippen LogP contribution in [-0.4, -0.2) is 37.1 Å². The van der Waals surface area contributed by atoms with E-state index in [1.807, 2.05) is 47.2 Å². The fraction of sp³-hybridized carbons (Fsp3) is 0.450. The van der Waals surface area contributed by atoms with Gasteiger partial charge < -0.3 is 4.74 Å². The Balaban J connectivity index is 1.60. The van der Waals surface area contributed by atoms with E-state index in [2.05, 4.69) is 4.90 Å². The summed E-state index contributed by atoms with van der Waals surface area (Å²) in [6, 6.07) is 11.9. The van der Waals surface area contributed by atoms with Gasteiger partial charge in [0.2, 0.25) is 0 Å². The summed E-state index contributed by atoms with van der Waals surface area (Å²) in [7, 11) is 0. The molecule has 0 N–H and O–H groups in total. The van der Waals surface area contributed by atoms with Crippen LogP contribution in [0.5, 0.6) is 0 Å². The molecule has 1 atom stereocenters. The van der Waals surface area contributed by atoms with E-state index in [0.29, 0.717) is 6.61 Å². The van der Waals surface area contributed by atoms with E-state index in [1.165, 1.54) is 25.7 Å². The number of nitrogens with zero attached hydrogens (tertiary/aromatic N) is 1. The Labute approximate surface area is 148 Å². The Bertz CT molecular complexity index is 604. The van der Waals surface area contributed by atoms with Crippen LogP contribution in [0.3, 0.4) is 0 Å². The van der Waals surface area contributed by atoms with Crippen LogP contribution in [0, 0.1) is 0 Å². The van der Waals surface area contributed by atoms with Gasteiger partial charge in [0.25, 0.3) is 0 Å². The highest BCUT2D eigenvalue weighted by Gasteiger charge is 2.24. The third-order valence-electron chi connectivity index (χ3n) is 4.60. The zero-order valence-electron chi connectivity index (χ0n) is 14.0. The molecule has 1 fully saturated rings. The predicted octanol–water partition coefficient (Wildman–Crippen LogP) is 4.30. The number of hydrogen-bond acceptors (Lipinski definition) is 4. The minimum atomic E-state index is -0.318. The highest BCUT2D eigenvalue weighted by Crippen LogP contribution is 2.27. The van der Waals surface area contributed by atoms with Crippen LogP contribution in [0.2, 0.25) is 0 Å². The molecule has 0 spiro atoms. The zero-order valence-corrected chi connectivity index (χ0v) is 14.8. The molecule has 0 radical (unpaired) electrons. The van der Waals surface area contributed by atoms with Crippen molar-refractivity contribution in [1.29, 1.82) is 0 Å². The van der Waals surface area contributed by atoms with Gasteiger partial charge in [-0.05, 0) is 53.9 Å². The summed E-state index contributed by atoms with van der Waals surface area (Å²) >= 11 is 1.61. The van der Waals surface area contributed by atoms with E-state index in [0.717, 1.165) is 30.8 Å². The van der Waals surface area contributed by atoms with Crippen molar-refractivity contribution in [3.8, 4) is 0 Å². The molecule has 1 aliphatic rings. The quantitative estimate of drug-likeness (QED) is 0.733. The fourth-order valence-corrected chi connectivity index (χ4v) is 3.95. The highest BCUT2D eigenvalue weighted by molar-refractivity contribution is 7.08. The van der Waals surface area contributed by atoms with Gasteiger partial charge in [-0.15, -0.1) is 0 Å². The lowest BCUT2D eigenvalue weighted by atomic mass is 9.93. The second-order valence-corrected chi connectivity index (χ2v) is 7.10. The standard InChI is InChI=1S/C20H25NO2S/c22-20(23-14-13-21-11-6-1-2-7-12-21)19(18-10-15-24-16-18)17-8-4-3-5-9-17/h3-5,8-10,15-16,19H,1-2,6-7,11-14H2/t19-/m1/s1. The van der Waals surface area contributed by atoms with Crippen molar-refractivity contribution in [3.63, 3.8) is 0 Å². The number of benzene rings is 1. The predicted molar refractivity (Wildman–Crippen MR) is 98.5 cm³/mol. The molecule has 4 heteroatoms. The number of thiophene rings is 1. The molecule has 1 aliphatic heterocycles. The van der Waals surface area contributed by atoms with Crippen LogP contribution in [0.25, 0.3) is 0 Å². The van der Waals surface area contributed by atoms with Crippen LogP contribution in [0.4, 0.5) is 0 Å². The smallest absolute Gasteiger partial charge is 0.318 e. The van der Waals surface area contributed by atoms with E-state index < -0.39 is 0 Å². The van der Waals surface area contributed by atoms with Gasteiger partial charge in [0, 0.05) is 6.54 Å². The lowest BCUT2D eigenvalue weighted by Crippen LogP contribution is -2.30. The zero-order chi connectivity index (χ0) is 16.6. The topological polar surface area (TPSA) is 29.5 Å². The lowest BCUT2D eigenvalue weighted by molar-refractivity contribution is -0.144. The third kappa shape index (κ3) is 4.68.